The second kappa shape index (κ2) is 9.38. The molecule has 4 aromatic heterocycles. The lowest BCUT2D eigenvalue weighted by molar-refractivity contribution is 0.0695. The van der Waals surface area contributed by atoms with Crippen LogP contribution in [0.5, 0.6) is 0 Å². The van der Waals surface area contributed by atoms with Crippen molar-refractivity contribution in [2.24, 2.45) is 0 Å². The number of carboxylic acid groups (broad SMARTS) is 1. The maximum atomic E-state index is 15.7. The van der Waals surface area contributed by atoms with Gasteiger partial charge in [-0.2, -0.15) is 0 Å². The molecule has 0 amide bonds. The molecule has 6 heterocycles. The minimum absolute atomic E-state index is 0.0907. The molecule has 0 spiro atoms. The molecule has 0 radical (unpaired) electrons. The number of nitrogens with one attached hydrogen (secondary N) is 3. The van der Waals surface area contributed by atoms with Crippen molar-refractivity contribution < 1.29 is 18.7 Å². The van der Waals surface area contributed by atoms with E-state index < -0.39 is 28.6 Å². The molecule has 0 bridgehead atoms. The van der Waals surface area contributed by atoms with Gasteiger partial charge in [-0.05, 0) is 26.0 Å². The fourth-order valence-electron chi connectivity index (χ4n) is 6.81. The van der Waals surface area contributed by atoms with Crippen LogP contribution in [0, 0.1) is 11.6 Å². The van der Waals surface area contributed by atoms with E-state index in [1.54, 1.807) is 32.6 Å². The standard InChI is InChI=1S/C29H28F2N8O3/c1-32-18-9-17(30)23(31)21-22-25(38-7-5-19-20(38)4-6-37(19)3)15(11-34-27(22)36-24(18)21)13-8-14-26(40)16(29(41)42)12-39(33-2)28(14)35-10-13/h8-12,19-20,32-33H,4-7H2,1-3H3,(H,34,36)(H,41,42)/t19-,20-/m1/s1. The number of aromatic nitrogens is 4. The van der Waals surface area contributed by atoms with Gasteiger partial charge in [0.2, 0.25) is 5.43 Å². The van der Waals surface area contributed by atoms with E-state index >= 15 is 4.39 Å². The van der Waals surface area contributed by atoms with Gasteiger partial charge in [-0.25, -0.2) is 28.2 Å². The number of H-pyrrole nitrogens is 1. The van der Waals surface area contributed by atoms with E-state index in [2.05, 4.69) is 42.5 Å². The summed E-state index contributed by atoms with van der Waals surface area (Å²) < 4.78 is 32.0. The normalized spacial score (nSPS) is 18.8. The van der Waals surface area contributed by atoms with E-state index in [0.29, 0.717) is 51.6 Å². The van der Waals surface area contributed by atoms with E-state index in [1.165, 1.54) is 10.9 Å². The third-order valence-electron chi connectivity index (χ3n) is 8.80. The van der Waals surface area contributed by atoms with Crippen LogP contribution in [0.4, 0.5) is 20.2 Å². The van der Waals surface area contributed by atoms with E-state index in [4.69, 9.17) is 0 Å². The first-order valence-electron chi connectivity index (χ1n) is 13.7. The number of rotatable bonds is 5. The summed E-state index contributed by atoms with van der Waals surface area (Å²) in [5.74, 6) is -3.32. The molecule has 13 heteroatoms. The van der Waals surface area contributed by atoms with Gasteiger partial charge in [0.15, 0.2) is 17.3 Å². The SMILES string of the molecule is CNc1cc(F)c(F)c2c1[nH]c1ncc(-c3cnc4c(c3)c(=O)c(C(=O)O)cn4NC)c(N3CC[C@@H]4[C@H]3CCN4C)c12. The fourth-order valence-corrected chi connectivity index (χ4v) is 6.81. The smallest absolute Gasteiger partial charge is 0.341 e. The summed E-state index contributed by atoms with van der Waals surface area (Å²) in [5, 5.41) is 13.2. The van der Waals surface area contributed by atoms with Crippen molar-refractivity contribution in [1.29, 1.82) is 0 Å². The Morgan fingerprint density at radius 2 is 1.88 bits per heavy atom. The highest BCUT2D eigenvalue weighted by atomic mass is 19.2. The molecular weight excluding hydrogens is 546 g/mol. The Labute approximate surface area is 237 Å². The third kappa shape index (κ3) is 3.59. The molecule has 216 valence electrons. The van der Waals surface area contributed by atoms with Gasteiger partial charge in [0.25, 0.3) is 0 Å². The molecule has 0 aliphatic carbocycles. The van der Waals surface area contributed by atoms with E-state index in [9.17, 15) is 19.1 Å². The van der Waals surface area contributed by atoms with Crippen LogP contribution in [0.25, 0.3) is 44.1 Å². The number of benzene rings is 1. The van der Waals surface area contributed by atoms with E-state index in [0.717, 1.165) is 25.5 Å². The van der Waals surface area contributed by atoms with Crippen molar-refractivity contribution in [2.75, 3.05) is 49.9 Å². The average molecular weight is 575 g/mol. The Morgan fingerprint density at radius 1 is 1.10 bits per heavy atom. The van der Waals surface area contributed by atoms with Crippen molar-refractivity contribution >= 4 is 50.3 Å². The average Bonchev–Trinajstić information content (AvgIpc) is 3.69. The van der Waals surface area contributed by atoms with Gasteiger partial charge in [-0.3, -0.25) is 4.79 Å². The predicted molar refractivity (Wildman–Crippen MR) is 157 cm³/mol. The monoisotopic (exact) mass is 574 g/mol. The molecule has 5 aromatic rings. The Balaban J connectivity index is 1.57. The maximum absolute atomic E-state index is 15.7. The molecule has 0 unspecified atom stereocenters. The predicted octanol–water partition coefficient (Wildman–Crippen LogP) is 3.57. The number of aromatic amines is 1. The zero-order valence-corrected chi connectivity index (χ0v) is 23.1. The van der Waals surface area contributed by atoms with Crippen LogP contribution in [0.15, 0.2) is 35.5 Å². The summed E-state index contributed by atoms with van der Waals surface area (Å²) in [4.78, 5) is 42.0. The number of likely N-dealkylation sites (N-methyl/N-ethyl adjacent to an activating group) is 1. The van der Waals surface area contributed by atoms with Crippen molar-refractivity contribution in [2.45, 2.75) is 24.9 Å². The molecule has 0 saturated carbocycles. The Hall–Kier alpha value is -4.78. The molecule has 7 rings (SSSR count). The topological polar surface area (TPSA) is 131 Å². The highest BCUT2D eigenvalue weighted by Gasteiger charge is 2.42. The Kier molecular flexibility index (Phi) is 5.84. The first-order chi connectivity index (χ1) is 20.2. The first-order valence-corrected chi connectivity index (χ1v) is 13.7. The number of hydrogen-bond acceptors (Lipinski definition) is 8. The Morgan fingerprint density at radius 3 is 2.62 bits per heavy atom. The van der Waals surface area contributed by atoms with Gasteiger partial charge in [-0.15, -0.1) is 0 Å². The lowest BCUT2D eigenvalue weighted by Gasteiger charge is -2.29. The molecule has 2 atom stereocenters. The number of carbonyl (C=O) groups is 1. The highest BCUT2D eigenvalue weighted by molar-refractivity contribution is 6.18. The second-order valence-corrected chi connectivity index (χ2v) is 10.8. The summed E-state index contributed by atoms with van der Waals surface area (Å²) in [5.41, 5.74) is 4.97. The second-order valence-electron chi connectivity index (χ2n) is 10.8. The summed E-state index contributed by atoms with van der Waals surface area (Å²) >= 11 is 0. The number of halogens is 2. The molecule has 2 aliphatic rings. The maximum Gasteiger partial charge on any atom is 0.341 e. The molecule has 2 fully saturated rings. The van der Waals surface area contributed by atoms with Crippen LogP contribution >= 0.6 is 0 Å². The van der Waals surface area contributed by atoms with Crippen LogP contribution in [-0.2, 0) is 0 Å². The van der Waals surface area contributed by atoms with Gasteiger partial charge >= 0.3 is 5.97 Å². The minimum atomic E-state index is -1.36. The molecule has 2 aliphatic heterocycles. The molecule has 42 heavy (non-hydrogen) atoms. The third-order valence-corrected chi connectivity index (χ3v) is 8.80. The largest absolute Gasteiger partial charge is 0.477 e. The molecule has 1 aromatic carbocycles. The lowest BCUT2D eigenvalue weighted by atomic mass is 10.00. The first kappa shape index (κ1) is 26.1. The van der Waals surface area contributed by atoms with Crippen molar-refractivity contribution in [3.05, 3.63) is 58.1 Å². The van der Waals surface area contributed by atoms with Crippen molar-refractivity contribution in [3.63, 3.8) is 0 Å². The van der Waals surface area contributed by atoms with Gasteiger partial charge in [0.05, 0.1) is 33.1 Å². The number of nitrogens with zero attached hydrogens (tertiary/aromatic N) is 5. The summed E-state index contributed by atoms with van der Waals surface area (Å²) in [6.07, 6.45) is 6.23. The summed E-state index contributed by atoms with van der Waals surface area (Å²) in [6.45, 7) is 1.60. The fraction of sp³-hybridized carbons (Fsp3) is 0.310. The quantitative estimate of drug-likeness (QED) is 0.249. The number of anilines is 2. The number of aromatic carboxylic acids is 1. The molecule has 4 N–H and O–H groups in total. The van der Waals surface area contributed by atoms with E-state index in [1.807, 2.05) is 0 Å². The van der Waals surface area contributed by atoms with Gasteiger partial charge < -0.3 is 30.6 Å². The molecular formula is C29H28F2N8O3. The number of pyridine rings is 3. The number of likely N-dealkylation sites (tertiary alicyclic amines) is 1. The van der Waals surface area contributed by atoms with Crippen molar-refractivity contribution in [3.8, 4) is 11.1 Å². The summed E-state index contributed by atoms with van der Waals surface area (Å²) in [7, 11) is 5.33. The highest BCUT2D eigenvalue weighted by Crippen LogP contribution is 2.46. The van der Waals surface area contributed by atoms with Gasteiger partial charge in [0, 0.05) is 75.1 Å². The van der Waals surface area contributed by atoms with Crippen LogP contribution < -0.4 is 21.1 Å². The number of fused-ring (bicyclic) bond motifs is 5. The Bertz CT molecular complexity index is 2010. The minimum Gasteiger partial charge on any atom is -0.477 e. The summed E-state index contributed by atoms with van der Waals surface area (Å²) in [6, 6.07) is 3.15. The number of carboxylic acids is 1. The van der Waals surface area contributed by atoms with Crippen LogP contribution in [0.2, 0.25) is 0 Å². The zero-order valence-electron chi connectivity index (χ0n) is 23.1. The van der Waals surface area contributed by atoms with E-state index in [-0.39, 0.29) is 22.5 Å². The van der Waals surface area contributed by atoms with Crippen molar-refractivity contribution in [1.82, 2.24) is 24.5 Å². The molecule has 11 nitrogen and oxygen atoms in total. The van der Waals surface area contributed by atoms with Gasteiger partial charge in [-0.1, -0.05) is 0 Å². The number of hydrogen-bond donors (Lipinski definition) is 4. The molecule has 2 saturated heterocycles. The zero-order chi connectivity index (χ0) is 29.4. The van der Waals surface area contributed by atoms with Gasteiger partial charge in [0.1, 0.15) is 11.2 Å². The van der Waals surface area contributed by atoms with Crippen LogP contribution in [-0.4, -0.2) is 81.9 Å². The van der Waals surface area contributed by atoms with Crippen LogP contribution in [0.3, 0.4) is 0 Å². The van der Waals surface area contributed by atoms with Crippen LogP contribution in [0.1, 0.15) is 23.2 Å². The lowest BCUT2D eigenvalue weighted by Crippen LogP contribution is -2.35.